The molecule has 0 fully saturated rings. The predicted octanol–water partition coefficient (Wildman–Crippen LogP) is 1.89. The molecule has 110 valence electrons. The van der Waals surface area contributed by atoms with Crippen LogP contribution in [0.25, 0.3) is 0 Å². The SMILES string of the molecule is Cc1cc(CC(=O)NCC2COc3ccccc3C2)on1. The normalized spacial score (nSPS) is 16.9. The van der Waals surface area contributed by atoms with Gasteiger partial charge in [-0.15, -0.1) is 0 Å². The lowest BCUT2D eigenvalue weighted by molar-refractivity contribution is -0.121. The monoisotopic (exact) mass is 286 g/mol. The molecule has 2 heterocycles. The van der Waals surface area contributed by atoms with Gasteiger partial charge in [0, 0.05) is 18.5 Å². The van der Waals surface area contributed by atoms with E-state index in [2.05, 4.69) is 16.5 Å². The van der Waals surface area contributed by atoms with E-state index in [4.69, 9.17) is 9.26 Å². The molecule has 1 aromatic heterocycles. The van der Waals surface area contributed by atoms with Gasteiger partial charge in [-0.2, -0.15) is 0 Å². The Morgan fingerprint density at radius 1 is 1.43 bits per heavy atom. The third-order valence-corrected chi connectivity index (χ3v) is 3.56. The Balaban J connectivity index is 1.49. The number of carbonyl (C=O) groups is 1. The molecule has 1 amide bonds. The van der Waals surface area contributed by atoms with Crippen molar-refractivity contribution in [1.29, 1.82) is 0 Å². The van der Waals surface area contributed by atoms with Gasteiger partial charge < -0.3 is 14.6 Å². The summed E-state index contributed by atoms with van der Waals surface area (Å²) in [6, 6.07) is 9.81. The highest BCUT2D eigenvalue weighted by Gasteiger charge is 2.20. The van der Waals surface area contributed by atoms with Crippen LogP contribution in [-0.2, 0) is 17.6 Å². The Morgan fingerprint density at radius 2 is 2.29 bits per heavy atom. The first-order chi connectivity index (χ1) is 10.2. The quantitative estimate of drug-likeness (QED) is 0.932. The minimum Gasteiger partial charge on any atom is -0.493 e. The smallest absolute Gasteiger partial charge is 0.227 e. The zero-order valence-corrected chi connectivity index (χ0v) is 12.0. The molecule has 3 rings (SSSR count). The highest BCUT2D eigenvalue weighted by Crippen LogP contribution is 2.26. The molecule has 1 aromatic carbocycles. The molecule has 1 atom stereocenters. The summed E-state index contributed by atoms with van der Waals surface area (Å²) in [7, 11) is 0. The number of hydrogen-bond acceptors (Lipinski definition) is 4. The number of rotatable bonds is 4. The molecular formula is C16H18N2O3. The molecule has 5 nitrogen and oxygen atoms in total. The maximum Gasteiger partial charge on any atom is 0.227 e. The van der Waals surface area contributed by atoms with E-state index in [1.807, 2.05) is 25.1 Å². The van der Waals surface area contributed by atoms with E-state index < -0.39 is 0 Å². The average molecular weight is 286 g/mol. The van der Waals surface area contributed by atoms with Crippen LogP contribution in [0, 0.1) is 12.8 Å². The second-order valence-electron chi connectivity index (χ2n) is 5.40. The summed E-state index contributed by atoms with van der Waals surface area (Å²) >= 11 is 0. The number of aromatic nitrogens is 1. The standard InChI is InChI=1S/C16H18N2O3/c1-11-6-14(21-18-11)8-16(19)17-9-12-7-13-4-2-3-5-15(13)20-10-12/h2-6,12H,7-10H2,1H3,(H,17,19). The van der Waals surface area contributed by atoms with Crippen molar-refractivity contribution in [3.63, 3.8) is 0 Å². The van der Waals surface area contributed by atoms with Crippen LogP contribution in [0.4, 0.5) is 0 Å². The first kappa shape index (κ1) is 13.7. The number of hydrogen-bond donors (Lipinski definition) is 1. The topological polar surface area (TPSA) is 64.4 Å². The van der Waals surface area contributed by atoms with Gasteiger partial charge in [-0.05, 0) is 25.0 Å². The zero-order valence-electron chi connectivity index (χ0n) is 12.0. The van der Waals surface area contributed by atoms with E-state index in [1.165, 1.54) is 5.56 Å². The van der Waals surface area contributed by atoms with Crippen molar-refractivity contribution in [2.75, 3.05) is 13.2 Å². The number of ether oxygens (including phenoxy) is 1. The lowest BCUT2D eigenvalue weighted by atomic mass is 9.97. The molecule has 1 unspecified atom stereocenters. The van der Waals surface area contributed by atoms with Crippen molar-refractivity contribution in [3.8, 4) is 5.75 Å². The summed E-state index contributed by atoms with van der Waals surface area (Å²) in [4.78, 5) is 11.9. The van der Waals surface area contributed by atoms with Gasteiger partial charge in [-0.25, -0.2) is 0 Å². The second kappa shape index (κ2) is 5.99. The van der Waals surface area contributed by atoms with Gasteiger partial charge in [0.1, 0.15) is 11.5 Å². The van der Waals surface area contributed by atoms with E-state index in [1.54, 1.807) is 6.07 Å². The predicted molar refractivity (Wildman–Crippen MR) is 77.1 cm³/mol. The Kier molecular flexibility index (Phi) is 3.90. The molecule has 0 saturated heterocycles. The summed E-state index contributed by atoms with van der Waals surface area (Å²) in [5.41, 5.74) is 1.99. The fourth-order valence-corrected chi connectivity index (χ4v) is 2.50. The van der Waals surface area contributed by atoms with Gasteiger partial charge in [0.25, 0.3) is 0 Å². The van der Waals surface area contributed by atoms with Crippen LogP contribution in [0.15, 0.2) is 34.9 Å². The third-order valence-electron chi connectivity index (χ3n) is 3.56. The van der Waals surface area contributed by atoms with Crippen molar-refractivity contribution in [1.82, 2.24) is 10.5 Å². The minimum absolute atomic E-state index is 0.0509. The van der Waals surface area contributed by atoms with E-state index in [-0.39, 0.29) is 12.3 Å². The van der Waals surface area contributed by atoms with Crippen LogP contribution in [0.1, 0.15) is 17.0 Å². The molecule has 1 N–H and O–H groups in total. The number of nitrogens with one attached hydrogen (secondary N) is 1. The van der Waals surface area contributed by atoms with Crippen molar-refractivity contribution in [3.05, 3.63) is 47.3 Å². The molecule has 5 heteroatoms. The van der Waals surface area contributed by atoms with E-state index >= 15 is 0 Å². The van der Waals surface area contributed by atoms with Gasteiger partial charge in [0.2, 0.25) is 5.91 Å². The molecule has 0 spiro atoms. The highest BCUT2D eigenvalue weighted by atomic mass is 16.5. The van der Waals surface area contributed by atoms with E-state index in [0.29, 0.717) is 24.8 Å². The van der Waals surface area contributed by atoms with E-state index in [9.17, 15) is 4.79 Å². The fraction of sp³-hybridized carbons (Fsp3) is 0.375. The Morgan fingerprint density at radius 3 is 3.10 bits per heavy atom. The fourth-order valence-electron chi connectivity index (χ4n) is 2.50. The molecule has 0 radical (unpaired) electrons. The van der Waals surface area contributed by atoms with Crippen molar-refractivity contribution < 1.29 is 14.1 Å². The maximum atomic E-state index is 11.9. The average Bonchev–Trinajstić information content (AvgIpc) is 2.90. The van der Waals surface area contributed by atoms with Gasteiger partial charge >= 0.3 is 0 Å². The number of amides is 1. The summed E-state index contributed by atoms with van der Waals surface area (Å²) < 4.78 is 10.7. The molecule has 0 saturated carbocycles. The molecule has 2 aromatic rings. The van der Waals surface area contributed by atoms with Crippen molar-refractivity contribution in [2.24, 2.45) is 5.92 Å². The van der Waals surface area contributed by atoms with Crippen LogP contribution in [0.3, 0.4) is 0 Å². The zero-order chi connectivity index (χ0) is 14.7. The lowest BCUT2D eigenvalue weighted by Crippen LogP contribution is -2.35. The number of aryl methyl sites for hydroxylation is 1. The van der Waals surface area contributed by atoms with Gasteiger partial charge in [-0.1, -0.05) is 23.4 Å². The highest BCUT2D eigenvalue weighted by molar-refractivity contribution is 5.77. The number of carbonyl (C=O) groups excluding carboxylic acids is 1. The van der Waals surface area contributed by atoms with Crippen molar-refractivity contribution >= 4 is 5.91 Å². The van der Waals surface area contributed by atoms with Crippen LogP contribution in [0.5, 0.6) is 5.75 Å². The van der Waals surface area contributed by atoms with Crippen LogP contribution >= 0.6 is 0 Å². The van der Waals surface area contributed by atoms with Crippen LogP contribution < -0.4 is 10.1 Å². The summed E-state index contributed by atoms with van der Waals surface area (Å²) in [5, 5.41) is 6.70. The minimum atomic E-state index is -0.0509. The third kappa shape index (κ3) is 3.42. The molecule has 1 aliphatic rings. The van der Waals surface area contributed by atoms with Crippen LogP contribution in [-0.4, -0.2) is 24.2 Å². The maximum absolute atomic E-state index is 11.9. The Hall–Kier alpha value is -2.30. The van der Waals surface area contributed by atoms with E-state index in [0.717, 1.165) is 17.9 Å². The molecular weight excluding hydrogens is 268 g/mol. The summed E-state index contributed by atoms with van der Waals surface area (Å²) in [6.45, 7) is 3.08. The first-order valence-electron chi connectivity index (χ1n) is 7.10. The molecule has 0 bridgehead atoms. The number of para-hydroxylation sites is 1. The lowest BCUT2D eigenvalue weighted by Gasteiger charge is -2.25. The Bertz CT molecular complexity index is 636. The first-order valence-corrected chi connectivity index (χ1v) is 7.10. The number of benzene rings is 1. The van der Waals surface area contributed by atoms with Gasteiger partial charge in [-0.3, -0.25) is 4.79 Å². The summed E-state index contributed by atoms with van der Waals surface area (Å²) in [5.74, 6) is 1.80. The molecule has 21 heavy (non-hydrogen) atoms. The largest absolute Gasteiger partial charge is 0.493 e. The van der Waals surface area contributed by atoms with Crippen LogP contribution in [0.2, 0.25) is 0 Å². The number of nitrogens with zero attached hydrogens (tertiary/aromatic N) is 1. The Labute approximate surface area is 123 Å². The molecule has 1 aliphatic heterocycles. The second-order valence-corrected chi connectivity index (χ2v) is 5.40. The number of fused-ring (bicyclic) bond motifs is 1. The van der Waals surface area contributed by atoms with Crippen molar-refractivity contribution in [2.45, 2.75) is 19.8 Å². The molecule has 0 aliphatic carbocycles. The van der Waals surface area contributed by atoms with Gasteiger partial charge in [0.15, 0.2) is 0 Å². The van der Waals surface area contributed by atoms with Gasteiger partial charge in [0.05, 0.1) is 18.7 Å². The summed E-state index contributed by atoms with van der Waals surface area (Å²) in [6.07, 6.45) is 1.16.